The van der Waals surface area contributed by atoms with Crippen LogP contribution in [0.4, 0.5) is 0 Å². The zero-order valence-corrected chi connectivity index (χ0v) is 28.6. The van der Waals surface area contributed by atoms with E-state index >= 15 is 0 Å². The number of hydrogen-bond donors (Lipinski definition) is 2. The van der Waals surface area contributed by atoms with E-state index in [-0.39, 0.29) is 17.7 Å². The number of aliphatic imine (C=N–C) groups is 1. The molecule has 7 aromatic carbocycles. The first-order valence-electron chi connectivity index (χ1n) is 17.5. The van der Waals surface area contributed by atoms with Gasteiger partial charge in [-0.15, -0.1) is 0 Å². The molecule has 0 amide bonds. The predicted octanol–water partition coefficient (Wildman–Crippen LogP) is 10.7. The molecule has 7 aromatic rings. The molecule has 4 nitrogen and oxygen atoms in total. The Bertz CT molecular complexity index is 2510. The van der Waals surface area contributed by atoms with Crippen LogP contribution in [0.25, 0.3) is 44.2 Å². The van der Waals surface area contributed by atoms with Gasteiger partial charge in [-0.1, -0.05) is 159 Å². The Hall–Kier alpha value is -6.28. The van der Waals surface area contributed by atoms with Gasteiger partial charge in [0.15, 0.2) is 0 Å². The van der Waals surface area contributed by atoms with Gasteiger partial charge in [-0.3, -0.25) is 5.32 Å². The molecular formula is C47H36N4. The number of hydrogen-bond acceptors (Lipinski definition) is 4. The van der Waals surface area contributed by atoms with Gasteiger partial charge in [0.2, 0.25) is 0 Å². The molecule has 4 heteroatoms. The Morgan fingerprint density at radius 3 is 2.08 bits per heavy atom. The molecule has 0 saturated heterocycles. The van der Waals surface area contributed by atoms with E-state index in [4.69, 9.17) is 4.99 Å². The van der Waals surface area contributed by atoms with E-state index < -0.39 is 0 Å². The van der Waals surface area contributed by atoms with Crippen molar-refractivity contribution in [1.82, 2.24) is 10.6 Å². The van der Waals surface area contributed by atoms with Crippen LogP contribution in [0, 0.1) is 11.3 Å². The molecule has 0 spiro atoms. The summed E-state index contributed by atoms with van der Waals surface area (Å²) in [5.74, 6) is 0.872. The van der Waals surface area contributed by atoms with Crippen LogP contribution in [0.5, 0.6) is 0 Å². The lowest BCUT2D eigenvalue weighted by Crippen LogP contribution is -2.44. The summed E-state index contributed by atoms with van der Waals surface area (Å²) >= 11 is 0. The monoisotopic (exact) mass is 656 g/mol. The largest absolute Gasteiger partial charge is 0.350 e. The lowest BCUT2D eigenvalue weighted by Gasteiger charge is -2.32. The van der Waals surface area contributed by atoms with Crippen molar-refractivity contribution in [3.05, 3.63) is 191 Å². The van der Waals surface area contributed by atoms with Gasteiger partial charge in [0.1, 0.15) is 18.2 Å². The maximum absolute atomic E-state index is 9.96. The summed E-state index contributed by atoms with van der Waals surface area (Å²) in [6, 6.07) is 58.2. The molecule has 51 heavy (non-hydrogen) atoms. The van der Waals surface area contributed by atoms with Gasteiger partial charge in [0, 0.05) is 16.5 Å². The molecule has 2 atom stereocenters. The van der Waals surface area contributed by atoms with Crippen LogP contribution in [-0.4, -0.2) is 5.84 Å². The van der Waals surface area contributed by atoms with Gasteiger partial charge >= 0.3 is 0 Å². The molecule has 0 aromatic heterocycles. The van der Waals surface area contributed by atoms with E-state index in [1.54, 1.807) is 0 Å². The van der Waals surface area contributed by atoms with E-state index in [0.29, 0.717) is 0 Å². The molecule has 0 fully saturated rings. The highest BCUT2D eigenvalue weighted by Gasteiger charge is 2.37. The van der Waals surface area contributed by atoms with E-state index in [9.17, 15) is 5.26 Å². The number of amidine groups is 1. The van der Waals surface area contributed by atoms with Gasteiger partial charge in [-0.2, -0.15) is 5.26 Å². The minimum Gasteiger partial charge on any atom is -0.350 e. The number of rotatable bonds is 5. The zero-order valence-electron chi connectivity index (χ0n) is 28.6. The maximum Gasteiger partial charge on any atom is 0.131 e. The summed E-state index contributed by atoms with van der Waals surface area (Å²) < 4.78 is 0. The Balaban J connectivity index is 1.14. The van der Waals surface area contributed by atoms with Crippen molar-refractivity contribution in [2.75, 3.05) is 0 Å². The van der Waals surface area contributed by atoms with Gasteiger partial charge in [0.25, 0.3) is 0 Å². The molecule has 1 heterocycles. The third-order valence-electron chi connectivity index (χ3n) is 10.6. The lowest BCUT2D eigenvalue weighted by molar-refractivity contribution is 0.409. The average molecular weight is 657 g/mol. The van der Waals surface area contributed by atoms with Gasteiger partial charge in [0.05, 0.1) is 11.6 Å². The molecule has 0 radical (unpaired) electrons. The summed E-state index contributed by atoms with van der Waals surface area (Å²) in [6.45, 7) is 4.54. The van der Waals surface area contributed by atoms with Crippen molar-refractivity contribution < 1.29 is 0 Å². The first kappa shape index (κ1) is 30.8. The summed E-state index contributed by atoms with van der Waals surface area (Å²) in [7, 11) is 0. The first-order valence-corrected chi connectivity index (χ1v) is 17.5. The van der Waals surface area contributed by atoms with Crippen LogP contribution in [-0.2, 0) is 5.41 Å². The molecule has 2 aliphatic rings. The van der Waals surface area contributed by atoms with Crippen LogP contribution < -0.4 is 10.6 Å². The topological polar surface area (TPSA) is 60.2 Å². The average Bonchev–Trinajstić information content (AvgIpc) is 3.43. The molecule has 0 bridgehead atoms. The molecule has 0 saturated carbocycles. The van der Waals surface area contributed by atoms with Crippen molar-refractivity contribution in [2.45, 2.75) is 31.6 Å². The second-order valence-electron chi connectivity index (χ2n) is 14.0. The van der Waals surface area contributed by atoms with Crippen molar-refractivity contribution in [3.63, 3.8) is 0 Å². The number of nitrogens with zero attached hydrogens (tertiary/aromatic N) is 2. The third-order valence-corrected chi connectivity index (χ3v) is 10.6. The predicted molar refractivity (Wildman–Crippen MR) is 208 cm³/mol. The maximum atomic E-state index is 9.96. The van der Waals surface area contributed by atoms with Gasteiger partial charge in [-0.25, -0.2) is 4.99 Å². The fraction of sp³-hybridized carbons (Fsp3) is 0.106. The van der Waals surface area contributed by atoms with E-state index in [2.05, 4.69) is 164 Å². The standard InChI is InChI=1S/C47H36N4/c1-47(2)40-19-11-17-36(29-48)43(40)39-27-25-35(28-41(39)47)38-26-24-30-12-9-10-18-37(30)42(38)31-20-22-34(23-21-31)46-50-44(32-13-5-3-6-14-32)49-45(51-46)33-15-7-4-8-16-33/h3-28,44,46,50H,1-2H3,(H,49,51). The smallest absolute Gasteiger partial charge is 0.131 e. The third kappa shape index (κ3) is 5.22. The van der Waals surface area contributed by atoms with Crippen LogP contribution >= 0.6 is 0 Å². The number of fused-ring (bicyclic) bond motifs is 4. The summed E-state index contributed by atoms with van der Waals surface area (Å²) in [6.07, 6.45) is -0.320. The van der Waals surface area contributed by atoms with Crippen LogP contribution in [0.1, 0.15) is 59.6 Å². The van der Waals surface area contributed by atoms with Gasteiger partial charge in [-0.05, 0) is 73.0 Å². The molecule has 9 rings (SSSR count). The molecule has 2 unspecified atom stereocenters. The SMILES string of the molecule is CC1(C)c2cc(-c3ccc4ccccc4c3-c3ccc(C4N=C(c5ccccc5)NC(c5ccccc5)N4)cc3)ccc2-c2c(C#N)cccc21. The minimum atomic E-state index is -0.230. The summed E-state index contributed by atoms with van der Waals surface area (Å²) in [5.41, 5.74) is 13.2. The molecule has 2 N–H and O–H groups in total. The Kier molecular flexibility index (Phi) is 7.38. The Labute approximate surface area is 298 Å². The van der Waals surface area contributed by atoms with E-state index in [1.807, 2.05) is 24.3 Å². The zero-order chi connectivity index (χ0) is 34.5. The van der Waals surface area contributed by atoms with Crippen LogP contribution in [0.3, 0.4) is 0 Å². The summed E-state index contributed by atoms with van der Waals surface area (Å²) in [4.78, 5) is 5.17. The molecule has 1 aliphatic heterocycles. The Morgan fingerprint density at radius 1 is 0.588 bits per heavy atom. The van der Waals surface area contributed by atoms with E-state index in [1.165, 1.54) is 38.6 Å². The van der Waals surface area contributed by atoms with Crippen molar-refractivity contribution in [3.8, 4) is 39.4 Å². The highest BCUT2D eigenvalue weighted by Crippen LogP contribution is 2.51. The highest BCUT2D eigenvalue weighted by molar-refractivity contribution is 6.04. The molecular weight excluding hydrogens is 621 g/mol. The fourth-order valence-electron chi connectivity index (χ4n) is 7.99. The number of benzene rings is 7. The summed E-state index contributed by atoms with van der Waals surface area (Å²) in [5, 5.41) is 19.7. The minimum absolute atomic E-state index is 0.0901. The number of nitriles is 1. The van der Waals surface area contributed by atoms with Crippen LogP contribution in [0.2, 0.25) is 0 Å². The molecule has 244 valence electrons. The van der Waals surface area contributed by atoms with Crippen molar-refractivity contribution >= 4 is 16.6 Å². The van der Waals surface area contributed by atoms with Crippen molar-refractivity contribution in [2.24, 2.45) is 4.99 Å². The van der Waals surface area contributed by atoms with Gasteiger partial charge < -0.3 is 5.32 Å². The first-order chi connectivity index (χ1) is 25.0. The van der Waals surface area contributed by atoms with Crippen LogP contribution in [0.15, 0.2) is 163 Å². The van der Waals surface area contributed by atoms with E-state index in [0.717, 1.165) is 44.8 Å². The Morgan fingerprint density at radius 2 is 1.29 bits per heavy atom. The molecule has 1 aliphatic carbocycles. The fourth-order valence-corrected chi connectivity index (χ4v) is 7.99. The normalized spacial score (nSPS) is 17.2. The second kappa shape index (κ2) is 12.2. The lowest BCUT2D eigenvalue weighted by atomic mass is 9.81. The second-order valence-corrected chi connectivity index (χ2v) is 14.0. The van der Waals surface area contributed by atoms with Crippen molar-refractivity contribution in [1.29, 1.82) is 5.26 Å². The quantitative estimate of drug-likeness (QED) is 0.194. The highest BCUT2D eigenvalue weighted by atomic mass is 15.3. The number of nitrogens with one attached hydrogen (secondary N) is 2.